The molecule has 1 aliphatic rings. The van der Waals surface area contributed by atoms with Gasteiger partial charge in [0, 0.05) is 30.5 Å². The van der Waals surface area contributed by atoms with Crippen LogP contribution in [0.2, 0.25) is 0 Å². The van der Waals surface area contributed by atoms with E-state index in [0.717, 1.165) is 24.8 Å². The van der Waals surface area contributed by atoms with Crippen molar-refractivity contribution in [3.8, 4) is 17.2 Å². The van der Waals surface area contributed by atoms with Gasteiger partial charge in [-0.2, -0.15) is 0 Å². The molecule has 0 spiro atoms. The predicted octanol–water partition coefficient (Wildman–Crippen LogP) is 3.76. The average Bonchev–Trinajstić information content (AvgIpc) is 2.82. The molecule has 0 bridgehead atoms. The summed E-state index contributed by atoms with van der Waals surface area (Å²) in [4.78, 5) is 15.5. The van der Waals surface area contributed by atoms with Crippen LogP contribution in [0.4, 0.5) is 0 Å². The lowest BCUT2D eigenvalue weighted by molar-refractivity contribution is 0.0693. The number of hydrogen-bond donors (Lipinski definition) is 3. The third-order valence-corrected chi connectivity index (χ3v) is 5.71. The Bertz CT molecular complexity index is 1090. The van der Waals surface area contributed by atoms with E-state index >= 15 is 0 Å². The molecule has 0 fully saturated rings. The van der Waals surface area contributed by atoms with Gasteiger partial charge in [-0.05, 0) is 66.8 Å². The number of methoxy groups -OCH3 is 1. The van der Waals surface area contributed by atoms with Crippen molar-refractivity contribution in [1.29, 1.82) is 0 Å². The maximum Gasteiger partial charge on any atom is 0.339 e. The van der Waals surface area contributed by atoms with Gasteiger partial charge in [0.15, 0.2) is 0 Å². The highest BCUT2D eigenvalue weighted by molar-refractivity contribution is 5.91. The summed E-state index contributed by atoms with van der Waals surface area (Å²) in [6.45, 7) is 0.464. The molecule has 0 aliphatic heterocycles. The summed E-state index contributed by atoms with van der Waals surface area (Å²) < 4.78 is 11.0. The fraction of sp³-hybridized carbons (Fsp3) is 0.280. The van der Waals surface area contributed by atoms with E-state index in [2.05, 4.69) is 16.4 Å². The maximum atomic E-state index is 11.4. The van der Waals surface area contributed by atoms with Crippen molar-refractivity contribution in [2.75, 3.05) is 13.7 Å². The first kappa shape index (κ1) is 21.8. The number of aliphatic hydroxyl groups excluding tert-OH is 1. The SMILES string of the molecule is COc1ccc(Oc2ccc3c(c2)C[C@@H](NC[C@H](O)c2cccnc2)CC3)cc1C(=O)O. The number of carbonyl (C=O) groups is 1. The smallest absolute Gasteiger partial charge is 0.339 e. The molecule has 2 aromatic carbocycles. The normalized spacial score (nSPS) is 16.1. The molecule has 4 rings (SSSR count). The number of fused-ring (bicyclic) bond motifs is 1. The van der Waals surface area contributed by atoms with Gasteiger partial charge in [-0.1, -0.05) is 12.1 Å². The first-order valence-corrected chi connectivity index (χ1v) is 10.6. The third kappa shape index (κ3) is 5.07. The van der Waals surface area contributed by atoms with Gasteiger partial charge < -0.3 is 25.0 Å². The van der Waals surface area contributed by atoms with Crippen LogP contribution >= 0.6 is 0 Å². The van der Waals surface area contributed by atoms with Gasteiger partial charge in [-0.25, -0.2) is 4.79 Å². The molecule has 0 saturated carbocycles. The molecule has 2 atom stereocenters. The summed E-state index contributed by atoms with van der Waals surface area (Å²) in [5, 5.41) is 23.2. The number of nitrogens with one attached hydrogen (secondary N) is 1. The molecule has 7 heteroatoms. The molecule has 166 valence electrons. The molecule has 0 amide bonds. The van der Waals surface area contributed by atoms with Gasteiger partial charge in [0.25, 0.3) is 0 Å². The average molecular weight is 434 g/mol. The lowest BCUT2D eigenvalue weighted by Gasteiger charge is -2.27. The minimum Gasteiger partial charge on any atom is -0.496 e. The number of nitrogens with zero attached hydrogens (tertiary/aromatic N) is 1. The van der Waals surface area contributed by atoms with Crippen LogP contribution in [0.1, 0.15) is 39.6 Å². The molecule has 0 unspecified atom stereocenters. The van der Waals surface area contributed by atoms with Crippen LogP contribution in [-0.4, -0.2) is 40.9 Å². The number of aromatic carboxylic acids is 1. The summed E-state index contributed by atoms with van der Waals surface area (Å²) in [5.41, 5.74) is 3.32. The molecule has 3 N–H and O–H groups in total. The first-order valence-electron chi connectivity index (χ1n) is 10.6. The summed E-state index contributed by atoms with van der Waals surface area (Å²) in [6.07, 6.45) is 5.54. The monoisotopic (exact) mass is 434 g/mol. The molecule has 1 aliphatic carbocycles. The maximum absolute atomic E-state index is 11.4. The van der Waals surface area contributed by atoms with Crippen molar-refractivity contribution in [3.63, 3.8) is 0 Å². The van der Waals surface area contributed by atoms with Crippen LogP contribution in [0.15, 0.2) is 60.9 Å². The van der Waals surface area contributed by atoms with Crippen molar-refractivity contribution >= 4 is 5.97 Å². The van der Waals surface area contributed by atoms with E-state index in [-0.39, 0.29) is 17.4 Å². The summed E-state index contributed by atoms with van der Waals surface area (Å²) in [5.74, 6) is 0.312. The van der Waals surface area contributed by atoms with Crippen molar-refractivity contribution in [2.24, 2.45) is 0 Å². The second kappa shape index (κ2) is 9.80. The predicted molar refractivity (Wildman–Crippen MR) is 119 cm³/mol. The number of benzene rings is 2. The molecular formula is C25H26N2O5. The molecule has 7 nitrogen and oxygen atoms in total. The van der Waals surface area contributed by atoms with Crippen molar-refractivity contribution in [2.45, 2.75) is 31.4 Å². The van der Waals surface area contributed by atoms with E-state index in [4.69, 9.17) is 9.47 Å². The number of aliphatic hydroxyl groups is 1. The Hall–Kier alpha value is -3.42. The molecular weight excluding hydrogens is 408 g/mol. The molecule has 0 saturated heterocycles. The Morgan fingerprint density at radius 3 is 2.75 bits per heavy atom. The van der Waals surface area contributed by atoms with Crippen LogP contribution in [0, 0.1) is 0 Å². The molecule has 3 aromatic rings. The van der Waals surface area contributed by atoms with Gasteiger partial charge in [0.1, 0.15) is 22.8 Å². The largest absolute Gasteiger partial charge is 0.496 e. The highest BCUT2D eigenvalue weighted by atomic mass is 16.5. The topological polar surface area (TPSA) is 101 Å². The van der Waals surface area contributed by atoms with Crippen LogP contribution in [0.3, 0.4) is 0 Å². The molecule has 1 aromatic heterocycles. The fourth-order valence-electron chi connectivity index (χ4n) is 3.99. The van der Waals surface area contributed by atoms with E-state index in [0.29, 0.717) is 18.0 Å². The number of ether oxygens (including phenoxy) is 2. The van der Waals surface area contributed by atoms with Crippen LogP contribution < -0.4 is 14.8 Å². The second-order valence-electron chi connectivity index (χ2n) is 7.85. The highest BCUT2D eigenvalue weighted by Gasteiger charge is 2.20. The summed E-state index contributed by atoms with van der Waals surface area (Å²) in [7, 11) is 1.44. The van der Waals surface area contributed by atoms with E-state index in [1.54, 1.807) is 24.5 Å². The molecule has 32 heavy (non-hydrogen) atoms. The Morgan fingerprint density at radius 1 is 1.19 bits per heavy atom. The summed E-state index contributed by atoms with van der Waals surface area (Å²) >= 11 is 0. The lowest BCUT2D eigenvalue weighted by Crippen LogP contribution is -2.37. The van der Waals surface area contributed by atoms with Gasteiger partial charge in [-0.3, -0.25) is 4.98 Å². The van der Waals surface area contributed by atoms with Crippen molar-refractivity contribution < 1.29 is 24.5 Å². The van der Waals surface area contributed by atoms with Gasteiger partial charge in [-0.15, -0.1) is 0 Å². The zero-order valence-corrected chi connectivity index (χ0v) is 17.8. The van der Waals surface area contributed by atoms with Gasteiger partial charge in [0.2, 0.25) is 0 Å². The van der Waals surface area contributed by atoms with Crippen molar-refractivity contribution in [1.82, 2.24) is 10.3 Å². The Kier molecular flexibility index (Phi) is 6.68. The standard InChI is InChI=1S/C25H26N2O5/c1-31-24-9-8-21(13-22(24)25(29)30)32-20-7-5-16-4-6-19(11-18(16)12-20)27-15-23(28)17-3-2-10-26-14-17/h2-3,5,7-10,12-14,19,23,27-28H,4,6,11,15H2,1H3,(H,29,30)/t19-,23-/m0/s1. The molecule has 0 radical (unpaired) electrons. The van der Waals surface area contributed by atoms with E-state index in [1.807, 2.05) is 24.3 Å². The number of aryl methyl sites for hydroxylation is 1. The zero-order valence-electron chi connectivity index (χ0n) is 17.8. The Labute approximate surface area is 186 Å². The number of aromatic nitrogens is 1. The third-order valence-electron chi connectivity index (χ3n) is 5.71. The quantitative estimate of drug-likeness (QED) is 0.496. The number of hydrogen-bond acceptors (Lipinski definition) is 6. The van der Waals surface area contributed by atoms with E-state index < -0.39 is 12.1 Å². The zero-order chi connectivity index (χ0) is 22.5. The van der Waals surface area contributed by atoms with Gasteiger partial charge in [0.05, 0.1) is 13.2 Å². The second-order valence-corrected chi connectivity index (χ2v) is 7.85. The van der Waals surface area contributed by atoms with Crippen LogP contribution in [0.25, 0.3) is 0 Å². The van der Waals surface area contributed by atoms with E-state index in [9.17, 15) is 15.0 Å². The Morgan fingerprint density at radius 2 is 2.00 bits per heavy atom. The number of carboxylic acids is 1. The Balaban J connectivity index is 1.41. The highest BCUT2D eigenvalue weighted by Crippen LogP contribution is 2.31. The first-order chi connectivity index (χ1) is 15.5. The number of rotatable bonds is 8. The fourth-order valence-corrected chi connectivity index (χ4v) is 3.99. The minimum atomic E-state index is -1.07. The summed E-state index contributed by atoms with van der Waals surface area (Å²) in [6, 6.07) is 14.7. The van der Waals surface area contributed by atoms with Gasteiger partial charge >= 0.3 is 5.97 Å². The van der Waals surface area contributed by atoms with Crippen LogP contribution in [0.5, 0.6) is 17.2 Å². The number of pyridine rings is 1. The van der Waals surface area contributed by atoms with E-state index in [1.165, 1.54) is 24.3 Å². The molecule has 1 heterocycles. The lowest BCUT2D eigenvalue weighted by atomic mass is 9.88. The minimum absolute atomic E-state index is 0.0550. The van der Waals surface area contributed by atoms with Crippen molar-refractivity contribution in [3.05, 3.63) is 83.2 Å². The number of carboxylic acid groups (broad SMARTS) is 1. The van der Waals surface area contributed by atoms with Crippen LogP contribution in [-0.2, 0) is 12.8 Å².